The van der Waals surface area contributed by atoms with Crippen LogP contribution in [0.15, 0.2) is 60.7 Å². The van der Waals surface area contributed by atoms with E-state index >= 15 is 0 Å². The molecule has 0 saturated carbocycles. The van der Waals surface area contributed by atoms with E-state index in [1.54, 1.807) is 25.1 Å². The zero-order valence-corrected chi connectivity index (χ0v) is 15.8. The van der Waals surface area contributed by atoms with Crippen molar-refractivity contribution in [1.29, 1.82) is 0 Å². The van der Waals surface area contributed by atoms with Crippen LogP contribution in [0, 0.1) is 6.92 Å². The highest BCUT2D eigenvalue weighted by Crippen LogP contribution is 2.38. The highest BCUT2D eigenvalue weighted by Gasteiger charge is 2.19. The van der Waals surface area contributed by atoms with Gasteiger partial charge in [0, 0.05) is 11.1 Å². The van der Waals surface area contributed by atoms with Crippen molar-refractivity contribution in [3.63, 3.8) is 0 Å². The second kappa shape index (κ2) is 7.82. The molecular formula is C21H15Cl2NO3. The fourth-order valence-electron chi connectivity index (χ4n) is 2.80. The molecule has 0 saturated heterocycles. The molecule has 27 heavy (non-hydrogen) atoms. The summed E-state index contributed by atoms with van der Waals surface area (Å²) in [6.45, 7) is 1.59. The first-order chi connectivity index (χ1) is 12.9. The van der Waals surface area contributed by atoms with Gasteiger partial charge in [0.2, 0.25) is 0 Å². The van der Waals surface area contributed by atoms with Gasteiger partial charge in [-0.3, -0.25) is 4.79 Å². The third-order valence-corrected chi connectivity index (χ3v) is 4.93. The molecule has 0 aliphatic heterocycles. The van der Waals surface area contributed by atoms with Gasteiger partial charge in [0.25, 0.3) is 5.91 Å². The first kappa shape index (κ1) is 19.0. The van der Waals surface area contributed by atoms with Gasteiger partial charge in [-0.05, 0) is 36.2 Å². The molecule has 4 nitrogen and oxygen atoms in total. The summed E-state index contributed by atoms with van der Waals surface area (Å²) in [6, 6.07) is 17.5. The van der Waals surface area contributed by atoms with Gasteiger partial charge < -0.3 is 10.4 Å². The zero-order valence-electron chi connectivity index (χ0n) is 14.3. The molecule has 6 heteroatoms. The number of hydrogen-bond donors (Lipinski definition) is 2. The average molecular weight is 400 g/mol. The van der Waals surface area contributed by atoms with E-state index in [0.29, 0.717) is 15.6 Å². The number of anilines is 1. The van der Waals surface area contributed by atoms with Crippen molar-refractivity contribution in [2.45, 2.75) is 6.92 Å². The molecule has 3 aromatic rings. The van der Waals surface area contributed by atoms with Crippen LogP contribution in [0.4, 0.5) is 5.69 Å². The molecule has 3 rings (SSSR count). The summed E-state index contributed by atoms with van der Waals surface area (Å²) < 4.78 is 0. The summed E-state index contributed by atoms with van der Waals surface area (Å²) in [7, 11) is 0. The van der Waals surface area contributed by atoms with Gasteiger partial charge in [-0.1, -0.05) is 65.7 Å². The molecule has 0 fully saturated rings. The van der Waals surface area contributed by atoms with Gasteiger partial charge in [-0.2, -0.15) is 0 Å². The number of hydrogen-bond acceptors (Lipinski definition) is 2. The summed E-state index contributed by atoms with van der Waals surface area (Å²) in [5.41, 5.74) is 2.58. The van der Waals surface area contributed by atoms with E-state index in [-0.39, 0.29) is 16.8 Å². The number of amides is 1. The Hall–Kier alpha value is -2.82. The van der Waals surface area contributed by atoms with E-state index in [4.69, 9.17) is 23.2 Å². The summed E-state index contributed by atoms with van der Waals surface area (Å²) in [5, 5.41) is 12.6. The Balaban J connectivity index is 2.00. The van der Waals surface area contributed by atoms with Crippen molar-refractivity contribution in [3.05, 3.63) is 87.4 Å². The SMILES string of the molecule is Cc1c(C(=O)O)cccc1C(=O)Nc1c(Cl)ccc(-c2ccccc2)c1Cl. The Morgan fingerprint density at radius 1 is 0.889 bits per heavy atom. The van der Waals surface area contributed by atoms with Gasteiger partial charge in [-0.25, -0.2) is 4.79 Å². The minimum absolute atomic E-state index is 0.0675. The minimum atomic E-state index is -1.09. The highest BCUT2D eigenvalue weighted by atomic mass is 35.5. The third-order valence-electron chi connectivity index (χ3n) is 4.22. The van der Waals surface area contributed by atoms with Crippen molar-refractivity contribution in [2.75, 3.05) is 5.32 Å². The number of benzene rings is 3. The topological polar surface area (TPSA) is 66.4 Å². The van der Waals surface area contributed by atoms with E-state index in [9.17, 15) is 14.7 Å². The van der Waals surface area contributed by atoms with Crippen LogP contribution in [0.25, 0.3) is 11.1 Å². The molecule has 1 amide bonds. The number of carbonyl (C=O) groups excluding carboxylic acids is 1. The summed E-state index contributed by atoms with van der Waals surface area (Å²) in [4.78, 5) is 24.0. The van der Waals surface area contributed by atoms with E-state index in [2.05, 4.69) is 5.32 Å². The van der Waals surface area contributed by atoms with E-state index in [1.165, 1.54) is 12.1 Å². The van der Waals surface area contributed by atoms with Crippen molar-refractivity contribution < 1.29 is 14.7 Å². The predicted molar refractivity (Wildman–Crippen MR) is 108 cm³/mol. The Morgan fingerprint density at radius 3 is 2.22 bits per heavy atom. The van der Waals surface area contributed by atoms with Crippen molar-refractivity contribution in [2.24, 2.45) is 0 Å². The lowest BCUT2D eigenvalue weighted by atomic mass is 10.0. The minimum Gasteiger partial charge on any atom is -0.478 e. The zero-order chi connectivity index (χ0) is 19.6. The lowest BCUT2D eigenvalue weighted by molar-refractivity contribution is 0.0696. The van der Waals surface area contributed by atoms with Crippen LogP contribution in [-0.4, -0.2) is 17.0 Å². The van der Waals surface area contributed by atoms with Crippen LogP contribution in [0.1, 0.15) is 26.3 Å². The average Bonchev–Trinajstić information content (AvgIpc) is 2.65. The molecule has 0 spiro atoms. The lowest BCUT2D eigenvalue weighted by Gasteiger charge is -2.14. The smallest absolute Gasteiger partial charge is 0.335 e. The van der Waals surface area contributed by atoms with Crippen LogP contribution in [-0.2, 0) is 0 Å². The molecule has 0 aromatic heterocycles. The number of halogens is 2. The summed E-state index contributed by atoms with van der Waals surface area (Å²) in [6.07, 6.45) is 0. The van der Waals surface area contributed by atoms with Gasteiger partial charge in [0.15, 0.2) is 0 Å². The van der Waals surface area contributed by atoms with Gasteiger partial charge >= 0.3 is 5.97 Å². The van der Waals surface area contributed by atoms with Crippen LogP contribution in [0.2, 0.25) is 10.0 Å². The molecule has 0 aliphatic carbocycles. The maximum Gasteiger partial charge on any atom is 0.335 e. The fourth-order valence-corrected chi connectivity index (χ4v) is 3.38. The Kier molecular flexibility index (Phi) is 5.49. The largest absolute Gasteiger partial charge is 0.478 e. The molecule has 2 N–H and O–H groups in total. The molecule has 0 aliphatic rings. The van der Waals surface area contributed by atoms with E-state index in [0.717, 1.165) is 11.1 Å². The molecule has 3 aromatic carbocycles. The van der Waals surface area contributed by atoms with Crippen molar-refractivity contribution in [3.8, 4) is 11.1 Å². The van der Waals surface area contributed by atoms with Crippen molar-refractivity contribution in [1.82, 2.24) is 0 Å². The number of nitrogens with one attached hydrogen (secondary N) is 1. The maximum atomic E-state index is 12.7. The third kappa shape index (κ3) is 3.82. The summed E-state index contributed by atoms with van der Waals surface area (Å²) in [5.74, 6) is -1.58. The Morgan fingerprint density at radius 2 is 1.56 bits per heavy atom. The molecule has 0 atom stereocenters. The van der Waals surface area contributed by atoms with Gasteiger partial charge in [-0.15, -0.1) is 0 Å². The van der Waals surface area contributed by atoms with Gasteiger partial charge in [0.1, 0.15) is 0 Å². The van der Waals surface area contributed by atoms with E-state index in [1.807, 2.05) is 30.3 Å². The predicted octanol–water partition coefficient (Wildman–Crippen LogP) is 5.92. The molecule has 0 radical (unpaired) electrons. The van der Waals surface area contributed by atoms with Crippen LogP contribution in [0.5, 0.6) is 0 Å². The molecule has 0 heterocycles. The van der Waals surface area contributed by atoms with E-state index < -0.39 is 11.9 Å². The number of aromatic carboxylic acids is 1. The fraction of sp³-hybridized carbons (Fsp3) is 0.0476. The van der Waals surface area contributed by atoms with Crippen LogP contribution in [0.3, 0.4) is 0 Å². The Bertz CT molecular complexity index is 1030. The first-order valence-electron chi connectivity index (χ1n) is 8.08. The molecule has 136 valence electrons. The first-order valence-corrected chi connectivity index (χ1v) is 8.83. The van der Waals surface area contributed by atoms with Crippen LogP contribution >= 0.6 is 23.2 Å². The molecular weight excluding hydrogens is 385 g/mol. The molecule has 0 unspecified atom stereocenters. The normalized spacial score (nSPS) is 10.5. The van der Waals surface area contributed by atoms with Gasteiger partial charge in [0.05, 0.1) is 21.3 Å². The van der Waals surface area contributed by atoms with Crippen LogP contribution < -0.4 is 5.32 Å². The summed E-state index contributed by atoms with van der Waals surface area (Å²) >= 11 is 12.8. The quantitative estimate of drug-likeness (QED) is 0.571. The standard InChI is InChI=1S/C21H15Cl2NO3/c1-12-14(8-5-9-15(12)21(26)27)20(25)24-19-17(22)11-10-16(18(19)23)13-6-3-2-4-7-13/h2-11H,1H3,(H,24,25)(H,26,27). The number of carboxylic acids is 1. The highest BCUT2D eigenvalue weighted by molar-refractivity contribution is 6.41. The maximum absolute atomic E-state index is 12.7. The Labute approximate surface area is 166 Å². The number of rotatable bonds is 4. The lowest BCUT2D eigenvalue weighted by Crippen LogP contribution is -2.16. The van der Waals surface area contributed by atoms with Crippen molar-refractivity contribution >= 4 is 40.8 Å². The second-order valence-electron chi connectivity index (χ2n) is 5.89. The number of carbonyl (C=O) groups is 2. The number of carboxylic acid groups (broad SMARTS) is 1. The second-order valence-corrected chi connectivity index (χ2v) is 6.67. The molecule has 0 bridgehead atoms. The monoisotopic (exact) mass is 399 g/mol.